The summed E-state index contributed by atoms with van der Waals surface area (Å²) in [4.78, 5) is 12.9. The maximum atomic E-state index is 12.9. The summed E-state index contributed by atoms with van der Waals surface area (Å²) in [6.45, 7) is 25.7. The van der Waals surface area contributed by atoms with Crippen LogP contribution < -0.4 is 0 Å². The van der Waals surface area contributed by atoms with Gasteiger partial charge in [-0.15, -0.1) is 0 Å². The van der Waals surface area contributed by atoms with Gasteiger partial charge < -0.3 is 23.4 Å². The lowest BCUT2D eigenvalue weighted by Crippen LogP contribution is -2.57. The molecule has 1 aliphatic carbocycles. The number of ether oxygens (including phenoxy) is 4. The normalized spacial score (nSPS) is 31.5. The second-order valence-corrected chi connectivity index (χ2v) is 17.2. The smallest absolute Gasteiger partial charge is 0.314 e. The van der Waals surface area contributed by atoms with Gasteiger partial charge in [-0.2, -0.15) is 0 Å². The van der Waals surface area contributed by atoms with E-state index < -0.39 is 31.2 Å². The highest BCUT2D eigenvalue weighted by Gasteiger charge is 2.68. The molecule has 0 aromatic carbocycles. The van der Waals surface area contributed by atoms with Gasteiger partial charge in [-0.05, 0) is 69.5 Å². The van der Waals surface area contributed by atoms with Crippen LogP contribution in [0.25, 0.3) is 0 Å². The number of rotatable bonds is 6. The van der Waals surface area contributed by atoms with E-state index in [-0.39, 0.29) is 16.9 Å². The zero-order chi connectivity index (χ0) is 25.7. The van der Waals surface area contributed by atoms with Gasteiger partial charge in [0.15, 0.2) is 5.79 Å². The molecule has 0 amide bonds. The predicted molar refractivity (Wildman–Crippen MR) is 135 cm³/mol. The molecule has 2 bridgehead atoms. The Morgan fingerprint density at radius 1 is 1.26 bits per heavy atom. The van der Waals surface area contributed by atoms with E-state index in [4.69, 9.17) is 23.4 Å². The summed E-state index contributed by atoms with van der Waals surface area (Å²) in [6, 6.07) is 0. The van der Waals surface area contributed by atoms with Crippen LogP contribution in [0.2, 0.25) is 18.1 Å². The number of fused-ring (bicyclic) bond motifs is 2. The number of esters is 1. The molecule has 0 radical (unpaired) electrons. The highest BCUT2D eigenvalue weighted by Crippen LogP contribution is 2.60. The van der Waals surface area contributed by atoms with Crippen molar-refractivity contribution in [2.24, 2.45) is 11.3 Å². The van der Waals surface area contributed by atoms with Crippen molar-refractivity contribution in [1.82, 2.24) is 0 Å². The maximum absolute atomic E-state index is 12.9. The van der Waals surface area contributed by atoms with Crippen LogP contribution in [0.1, 0.15) is 68.2 Å². The zero-order valence-corrected chi connectivity index (χ0v) is 23.8. The van der Waals surface area contributed by atoms with Crippen molar-refractivity contribution in [2.75, 3.05) is 13.2 Å². The van der Waals surface area contributed by atoms with Crippen LogP contribution in [0.15, 0.2) is 35.8 Å². The number of allylic oxidation sites excluding steroid dienone is 1. The Hall–Kier alpha value is -1.57. The van der Waals surface area contributed by atoms with E-state index in [1.54, 1.807) is 0 Å². The molecule has 0 aromatic heterocycles. The summed E-state index contributed by atoms with van der Waals surface area (Å²) in [5, 5.41) is 0.0664. The van der Waals surface area contributed by atoms with Gasteiger partial charge in [0.25, 0.3) is 14.3 Å². The van der Waals surface area contributed by atoms with Crippen LogP contribution in [0.4, 0.5) is 0 Å². The van der Waals surface area contributed by atoms with Crippen molar-refractivity contribution in [3.05, 3.63) is 35.8 Å². The van der Waals surface area contributed by atoms with E-state index >= 15 is 0 Å². The van der Waals surface area contributed by atoms with Crippen molar-refractivity contribution in [2.45, 2.75) is 104 Å². The molecule has 192 valence electrons. The van der Waals surface area contributed by atoms with Gasteiger partial charge in [-0.3, -0.25) is 4.79 Å². The molecule has 7 heteroatoms. The van der Waals surface area contributed by atoms with Crippen LogP contribution in [0.3, 0.4) is 0 Å². The summed E-state index contributed by atoms with van der Waals surface area (Å²) in [5.41, 5.74) is 0.642. The van der Waals surface area contributed by atoms with E-state index in [1.807, 2.05) is 32.9 Å². The SMILES string of the molecule is C=C1CC[C@]2([C@@H]3C=C(CO/C(=C/C)O[Si](C)(C)C(C)(C)C)COC(C)(C)O3)OC(=O)[C@H]1C2(C)C. The topological polar surface area (TPSA) is 63.2 Å². The average molecular weight is 493 g/mol. The van der Waals surface area contributed by atoms with E-state index in [2.05, 4.69) is 54.3 Å². The predicted octanol–water partition coefficient (Wildman–Crippen LogP) is 6.25. The lowest BCUT2D eigenvalue weighted by molar-refractivity contribution is -0.261. The molecular formula is C27H44O6Si. The van der Waals surface area contributed by atoms with Crippen molar-refractivity contribution >= 4 is 14.3 Å². The molecule has 2 heterocycles. The van der Waals surface area contributed by atoms with Gasteiger partial charge in [-0.1, -0.05) is 46.8 Å². The minimum atomic E-state index is -2.03. The van der Waals surface area contributed by atoms with Crippen molar-refractivity contribution in [3.63, 3.8) is 0 Å². The second kappa shape index (κ2) is 8.82. The first-order chi connectivity index (χ1) is 15.5. The van der Waals surface area contributed by atoms with Gasteiger partial charge in [0.1, 0.15) is 18.3 Å². The molecule has 0 aromatic rings. The molecule has 3 rings (SSSR count). The fourth-order valence-corrected chi connectivity index (χ4v) is 5.96. The lowest BCUT2D eigenvalue weighted by Gasteiger charge is -2.49. The van der Waals surface area contributed by atoms with Gasteiger partial charge in [0.2, 0.25) is 0 Å². The Morgan fingerprint density at radius 3 is 2.50 bits per heavy atom. The highest BCUT2D eigenvalue weighted by atomic mass is 28.4. The number of carbonyl (C=O) groups excluding carboxylic acids is 1. The van der Waals surface area contributed by atoms with Crippen LogP contribution >= 0.6 is 0 Å². The second-order valence-electron chi connectivity index (χ2n) is 12.4. The Kier molecular flexibility index (Phi) is 7.01. The van der Waals surface area contributed by atoms with E-state index in [0.29, 0.717) is 25.6 Å². The van der Waals surface area contributed by atoms with Crippen LogP contribution in [0.5, 0.6) is 0 Å². The minimum absolute atomic E-state index is 0.0664. The minimum Gasteiger partial charge on any atom is -0.519 e. The molecule has 0 unspecified atom stereocenters. The Morgan fingerprint density at radius 2 is 1.91 bits per heavy atom. The lowest BCUT2D eigenvalue weighted by atomic mass is 9.58. The third kappa shape index (κ3) is 4.76. The van der Waals surface area contributed by atoms with Crippen molar-refractivity contribution < 1.29 is 28.2 Å². The number of hydrogen-bond acceptors (Lipinski definition) is 6. The van der Waals surface area contributed by atoms with Crippen LogP contribution in [-0.2, 0) is 28.2 Å². The van der Waals surface area contributed by atoms with Crippen LogP contribution in [0, 0.1) is 11.3 Å². The summed E-state index contributed by atoms with van der Waals surface area (Å²) in [6.07, 6.45) is 4.86. The Labute approximate surface area is 206 Å². The largest absolute Gasteiger partial charge is 0.519 e. The number of carbonyl (C=O) groups is 1. The molecule has 1 saturated heterocycles. The average Bonchev–Trinajstić information content (AvgIpc) is 2.80. The summed E-state index contributed by atoms with van der Waals surface area (Å²) in [7, 11) is -2.03. The summed E-state index contributed by atoms with van der Waals surface area (Å²) in [5.74, 6) is -0.830. The quantitative estimate of drug-likeness (QED) is 0.189. The molecule has 2 aliphatic heterocycles. The molecule has 34 heavy (non-hydrogen) atoms. The van der Waals surface area contributed by atoms with E-state index in [1.165, 1.54) is 0 Å². The van der Waals surface area contributed by atoms with Gasteiger partial charge >= 0.3 is 5.97 Å². The Balaban J connectivity index is 1.86. The Bertz CT molecular complexity index is 891. The fraction of sp³-hybridized carbons (Fsp3) is 0.741. The molecule has 3 aliphatic rings. The third-order valence-electron chi connectivity index (χ3n) is 8.22. The summed E-state index contributed by atoms with van der Waals surface area (Å²) >= 11 is 0. The first-order valence-electron chi connectivity index (χ1n) is 12.4. The zero-order valence-electron chi connectivity index (χ0n) is 22.8. The highest BCUT2D eigenvalue weighted by molar-refractivity contribution is 6.74. The van der Waals surface area contributed by atoms with Crippen molar-refractivity contribution in [1.29, 1.82) is 0 Å². The van der Waals surface area contributed by atoms with E-state index in [0.717, 1.165) is 17.6 Å². The fourth-order valence-electron chi connectivity index (χ4n) is 4.98. The molecular weight excluding hydrogens is 448 g/mol. The first kappa shape index (κ1) is 27.0. The molecule has 1 saturated carbocycles. The number of hydrogen-bond donors (Lipinski definition) is 0. The van der Waals surface area contributed by atoms with E-state index in [9.17, 15) is 4.79 Å². The molecule has 6 nitrogen and oxygen atoms in total. The molecule has 0 spiro atoms. The van der Waals surface area contributed by atoms with Gasteiger partial charge in [0, 0.05) is 5.41 Å². The molecule has 0 N–H and O–H groups in total. The van der Waals surface area contributed by atoms with Crippen LogP contribution in [-0.4, -0.2) is 45.0 Å². The van der Waals surface area contributed by atoms with Gasteiger partial charge in [0.05, 0.1) is 12.5 Å². The first-order valence-corrected chi connectivity index (χ1v) is 15.3. The standard InChI is InChI=1S/C27H44O6Si/c1-12-21(33-34(10,11)24(3,4)5)29-16-19-15-20(31-26(8,9)30-17-19)27-14-13-18(2)22(23(28)32-27)25(27,6)7/h12,15,20,22H,2,13-14,16-17H2,1,3-11H3/b21-12-/t20-,22-,27+/m0/s1. The monoisotopic (exact) mass is 492 g/mol. The third-order valence-corrected chi connectivity index (χ3v) is 12.5. The maximum Gasteiger partial charge on any atom is 0.314 e. The van der Waals surface area contributed by atoms with Crippen molar-refractivity contribution in [3.8, 4) is 0 Å². The summed E-state index contributed by atoms with van der Waals surface area (Å²) < 4.78 is 31.2. The molecule has 2 fully saturated rings. The van der Waals surface area contributed by atoms with Gasteiger partial charge in [-0.25, -0.2) is 0 Å². The molecule has 3 atom stereocenters.